The molecule has 1 aromatic carbocycles. The molecule has 0 saturated carbocycles. The topological polar surface area (TPSA) is 32.3 Å². The summed E-state index contributed by atoms with van der Waals surface area (Å²) >= 11 is 0. The van der Waals surface area contributed by atoms with Gasteiger partial charge in [-0.25, -0.2) is 0 Å². The molecule has 17 heavy (non-hydrogen) atoms. The highest BCUT2D eigenvalue weighted by Crippen LogP contribution is 2.09. The number of para-hydroxylation sites is 1. The van der Waals surface area contributed by atoms with Crippen LogP contribution in [0.25, 0.3) is 0 Å². The van der Waals surface area contributed by atoms with Crippen molar-refractivity contribution in [3.8, 4) is 0 Å². The number of rotatable bonds is 6. The normalized spacial score (nSPS) is 11.9. The summed E-state index contributed by atoms with van der Waals surface area (Å²) in [5, 5.41) is 2.95. The van der Waals surface area contributed by atoms with Crippen molar-refractivity contribution >= 4 is 11.6 Å². The van der Waals surface area contributed by atoms with E-state index < -0.39 is 0 Å². The van der Waals surface area contributed by atoms with Gasteiger partial charge in [0.1, 0.15) is 0 Å². The summed E-state index contributed by atoms with van der Waals surface area (Å²) in [6, 6.07) is 10.2. The third-order valence-electron chi connectivity index (χ3n) is 3.00. The first-order chi connectivity index (χ1) is 8.15. The number of anilines is 1. The van der Waals surface area contributed by atoms with Gasteiger partial charge in [0, 0.05) is 31.7 Å². The first-order valence-corrected chi connectivity index (χ1v) is 6.19. The molecule has 0 aliphatic heterocycles. The zero-order chi connectivity index (χ0) is 12.7. The molecule has 94 valence electrons. The van der Waals surface area contributed by atoms with E-state index in [4.69, 9.17) is 0 Å². The number of nitrogens with zero attached hydrogens (tertiary/aromatic N) is 1. The van der Waals surface area contributed by atoms with Crippen molar-refractivity contribution in [2.45, 2.75) is 20.3 Å². The van der Waals surface area contributed by atoms with E-state index in [0.29, 0.717) is 6.54 Å². The quantitative estimate of drug-likeness (QED) is 0.819. The Balaban J connectivity index is 2.30. The number of nitrogens with one attached hydrogen (secondary N) is 1. The third kappa shape index (κ3) is 4.47. The second-order valence-corrected chi connectivity index (χ2v) is 4.36. The Morgan fingerprint density at radius 1 is 1.35 bits per heavy atom. The van der Waals surface area contributed by atoms with E-state index in [1.807, 2.05) is 39.1 Å². The van der Waals surface area contributed by atoms with Crippen LogP contribution < -0.4 is 10.2 Å². The summed E-state index contributed by atoms with van der Waals surface area (Å²) in [5.41, 5.74) is 1.17. The Labute approximate surface area is 104 Å². The van der Waals surface area contributed by atoms with Crippen molar-refractivity contribution in [2.75, 3.05) is 25.0 Å². The zero-order valence-electron chi connectivity index (χ0n) is 10.9. The van der Waals surface area contributed by atoms with Gasteiger partial charge < -0.3 is 10.2 Å². The highest BCUT2D eigenvalue weighted by atomic mass is 16.1. The van der Waals surface area contributed by atoms with E-state index in [1.54, 1.807) is 0 Å². The summed E-state index contributed by atoms with van der Waals surface area (Å²) in [6.07, 6.45) is 0.889. The SMILES string of the molecule is CCC(C)C(=O)NCCN(C)c1ccccc1. The maximum atomic E-state index is 11.6. The van der Waals surface area contributed by atoms with Crippen LogP contribution in [0.3, 0.4) is 0 Å². The Morgan fingerprint density at radius 3 is 2.59 bits per heavy atom. The Bertz CT molecular complexity index is 337. The minimum Gasteiger partial charge on any atom is -0.373 e. The molecule has 1 atom stereocenters. The number of carbonyl (C=O) groups is 1. The molecule has 0 radical (unpaired) electrons. The van der Waals surface area contributed by atoms with Crippen LogP contribution in [0, 0.1) is 5.92 Å². The van der Waals surface area contributed by atoms with Crippen molar-refractivity contribution in [1.29, 1.82) is 0 Å². The fourth-order valence-corrected chi connectivity index (χ4v) is 1.52. The lowest BCUT2D eigenvalue weighted by molar-refractivity contribution is -0.124. The molecule has 0 saturated heterocycles. The average Bonchev–Trinajstić information content (AvgIpc) is 2.38. The van der Waals surface area contributed by atoms with Gasteiger partial charge in [0.25, 0.3) is 0 Å². The van der Waals surface area contributed by atoms with Crippen molar-refractivity contribution in [2.24, 2.45) is 5.92 Å². The fraction of sp³-hybridized carbons (Fsp3) is 0.500. The maximum Gasteiger partial charge on any atom is 0.222 e. The summed E-state index contributed by atoms with van der Waals surface area (Å²) in [6.45, 7) is 5.50. The van der Waals surface area contributed by atoms with E-state index in [1.165, 1.54) is 5.69 Å². The monoisotopic (exact) mass is 234 g/mol. The van der Waals surface area contributed by atoms with Gasteiger partial charge in [-0.15, -0.1) is 0 Å². The molecule has 1 amide bonds. The van der Waals surface area contributed by atoms with Crippen LogP contribution in [-0.4, -0.2) is 26.0 Å². The van der Waals surface area contributed by atoms with Crippen molar-refractivity contribution in [3.63, 3.8) is 0 Å². The van der Waals surface area contributed by atoms with Gasteiger partial charge in [0.2, 0.25) is 5.91 Å². The van der Waals surface area contributed by atoms with Crippen LogP contribution in [-0.2, 0) is 4.79 Å². The summed E-state index contributed by atoms with van der Waals surface area (Å²) in [5.74, 6) is 0.256. The van der Waals surface area contributed by atoms with Crippen LogP contribution >= 0.6 is 0 Å². The van der Waals surface area contributed by atoms with Gasteiger partial charge in [-0.05, 0) is 18.6 Å². The lowest BCUT2D eigenvalue weighted by atomic mass is 10.1. The van der Waals surface area contributed by atoms with E-state index in [9.17, 15) is 4.79 Å². The minimum atomic E-state index is 0.108. The Morgan fingerprint density at radius 2 is 2.00 bits per heavy atom. The van der Waals surface area contributed by atoms with Crippen molar-refractivity contribution in [1.82, 2.24) is 5.32 Å². The second-order valence-electron chi connectivity index (χ2n) is 4.36. The molecule has 1 rings (SSSR count). The minimum absolute atomic E-state index is 0.108. The van der Waals surface area contributed by atoms with E-state index in [2.05, 4.69) is 22.3 Å². The molecule has 0 aliphatic carbocycles. The van der Waals surface area contributed by atoms with E-state index in [-0.39, 0.29) is 11.8 Å². The van der Waals surface area contributed by atoms with Crippen molar-refractivity contribution in [3.05, 3.63) is 30.3 Å². The van der Waals surface area contributed by atoms with Gasteiger partial charge >= 0.3 is 0 Å². The molecule has 1 N–H and O–H groups in total. The second kappa shape index (κ2) is 6.94. The molecule has 3 nitrogen and oxygen atoms in total. The molecule has 0 bridgehead atoms. The highest BCUT2D eigenvalue weighted by Gasteiger charge is 2.09. The number of amides is 1. The average molecular weight is 234 g/mol. The van der Waals surface area contributed by atoms with E-state index in [0.717, 1.165) is 13.0 Å². The van der Waals surface area contributed by atoms with Crippen LogP contribution in [0.1, 0.15) is 20.3 Å². The number of carbonyl (C=O) groups excluding carboxylic acids is 1. The van der Waals surface area contributed by atoms with Crippen LogP contribution in [0.15, 0.2) is 30.3 Å². The largest absolute Gasteiger partial charge is 0.373 e. The number of hydrogen-bond donors (Lipinski definition) is 1. The molecule has 3 heteroatoms. The molecular formula is C14H22N2O. The summed E-state index contributed by atoms with van der Waals surface area (Å²) < 4.78 is 0. The van der Waals surface area contributed by atoms with Gasteiger partial charge in [-0.1, -0.05) is 32.0 Å². The lowest BCUT2D eigenvalue weighted by Crippen LogP contribution is -2.35. The van der Waals surface area contributed by atoms with Crippen molar-refractivity contribution < 1.29 is 4.79 Å². The smallest absolute Gasteiger partial charge is 0.222 e. The number of benzene rings is 1. The lowest BCUT2D eigenvalue weighted by Gasteiger charge is -2.20. The summed E-state index contributed by atoms with van der Waals surface area (Å²) in [7, 11) is 2.03. The standard InChI is InChI=1S/C14H22N2O/c1-4-12(2)14(17)15-10-11-16(3)13-8-6-5-7-9-13/h5-9,12H,4,10-11H2,1-3H3,(H,15,17). The molecule has 1 unspecified atom stereocenters. The van der Waals surface area contributed by atoms with E-state index >= 15 is 0 Å². The summed E-state index contributed by atoms with van der Waals surface area (Å²) in [4.78, 5) is 13.7. The molecule has 0 spiro atoms. The zero-order valence-corrected chi connectivity index (χ0v) is 10.9. The predicted molar refractivity (Wildman–Crippen MR) is 72.2 cm³/mol. The first kappa shape index (κ1) is 13.6. The van der Waals surface area contributed by atoms with Gasteiger partial charge in [-0.2, -0.15) is 0 Å². The van der Waals surface area contributed by atoms with Gasteiger partial charge in [0.15, 0.2) is 0 Å². The first-order valence-electron chi connectivity index (χ1n) is 6.19. The maximum absolute atomic E-state index is 11.6. The molecule has 0 aliphatic rings. The fourth-order valence-electron chi connectivity index (χ4n) is 1.52. The number of hydrogen-bond acceptors (Lipinski definition) is 2. The van der Waals surface area contributed by atoms with Gasteiger partial charge in [0.05, 0.1) is 0 Å². The Kier molecular flexibility index (Phi) is 5.53. The molecule has 0 aromatic heterocycles. The van der Waals surface area contributed by atoms with Crippen LogP contribution in [0.4, 0.5) is 5.69 Å². The third-order valence-corrected chi connectivity index (χ3v) is 3.00. The molecule has 0 heterocycles. The Hall–Kier alpha value is -1.51. The van der Waals surface area contributed by atoms with Crippen LogP contribution in [0.2, 0.25) is 0 Å². The van der Waals surface area contributed by atoms with Crippen LogP contribution in [0.5, 0.6) is 0 Å². The molecule has 1 aromatic rings. The molecule has 0 fully saturated rings. The molecular weight excluding hydrogens is 212 g/mol. The predicted octanol–water partition coefficient (Wildman–Crippen LogP) is 2.29. The highest BCUT2D eigenvalue weighted by molar-refractivity contribution is 5.78. The van der Waals surface area contributed by atoms with Gasteiger partial charge in [-0.3, -0.25) is 4.79 Å². The number of likely N-dealkylation sites (N-methyl/N-ethyl adjacent to an activating group) is 1.